The molecule has 1 amide bonds. The van der Waals surface area contributed by atoms with E-state index in [1.54, 1.807) is 4.90 Å². The molecule has 1 spiro atoms. The number of amides is 1. The van der Waals surface area contributed by atoms with Crippen molar-refractivity contribution in [3.63, 3.8) is 0 Å². The summed E-state index contributed by atoms with van der Waals surface area (Å²) >= 11 is 0. The first-order chi connectivity index (χ1) is 9.19. The topological polar surface area (TPSA) is 65.1 Å². The van der Waals surface area contributed by atoms with Gasteiger partial charge in [-0.2, -0.15) is 0 Å². The Bertz CT molecular complexity index is 489. The van der Waals surface area contributed by atoms with Crippen molar-refractivity contribution in [3.8, 4) is 0 Å². The zero-order valence-electron chi connectivity index (χ0n) is 10.6. The van der Waals surface area contributed by atoms with E-state index >= 15 is 0 Å². The van der Waals surface area contributed by atoms with Crippen LogP contribution in [0.3, 0.4) is 0 Å². The highest BCUT2D eigenvalue weighted by atomic mass is 16.6. The molecule has 4 rings (SSSR count). The minimum Gasteiger partial charge on any atom is -0.469 e. The van der Waals surface area contributed by atoms with E-state index in [4.69, 9.17) is 14.2 Å². The van der Waals surface area contributed by atoms with Crippen LogP contribution in [0.25, 0.3) is 0 Å². The van der Waals surface area contributed by atoms with Crippen molar-refractivity contribution in [1.29, 1.82) is 0 Å². The molecule has 6 nitrogen and oxygen atoms in total. The van der Waals surface area contributed by atoms with E-state index < -0.39 is 23.7 Å². The monoisotopic (exact) mass is 265 g/mol. The molecule has 0 saturated carbocycles. The molecule has 4 heterocycles. The number of hydrogen-bond donors (Lipinski definition) is 0. The Morgan fingerprint density at radius 3 is 3.21 bits per heavy atom. The fourth-order valence-corrected chi connectivity index (χ4v) is 3.86. The van der Waals surface area contributed by atoms with E-state index in [-0.39, 0.29) is 18.0 Å². The van der Waals surface area contributed by atoms with E-state index in [2.05, 4.69) is 0 Å². The fourth-order valence-electron chi connectivity index (χ4n) is 3.86. The summed E-state index contributed by atoms with van der Waals surface area (Å²) in [6.07, 6.45) is 3.81. The first-order valence-electron chi connectivity index (χ1n) is 6.56. The van der Waals surface area contributed by atoms with Crippen LogP contribution in [0, 0.1) is 11.8 Å². The van der Waals surface area contributed by atoms with Crippen molar-refractivity contribution >= 4 is 11.9 Å². The summed E-state index contributed by atoms with van der Waals surface area (Å²) in [6.45, 7) is 1.28. The van der Waals surface area contributed by atoms with Gasteiger partial charge < -0.3 is 19.1 Å². The molecule has 5 atom stereocenters. The van der Waals surface area contributed by atoms with Crippen LogP contribution in [0.15, 0.2) is 12.2 Å². The molecule has 0 aromatic carbocycles. The van der Waals surface area contributed by atoms with E-state index in [1.807, 2.05) is 12.2 Å². The van der Waals surface area contributed by atoms with Gasteiger partial charge in [0.25, 0.3) is 0 Å². The summed E-state index contributed by atoms with van der Waals surface area (Å²) in [5, 5.41) is 0. The third-order valence-electron chi connectivity index (χ3n) is 4.60. The number of carbonyl (C=O) groups is 2. The Kier molecular flexibility index (Phi) is 2.15. The maximum Gasteiger partial charge on any atom is 0.312 e. The Balaban J connectivity index is 1.79. The molecule has 2 bridgehead atoms. The predicted molar refractivity (Wildman–Crippen MR) is 61.8 cm³/mol. The van der Waals surface area contributed by atoms with Crippen molar-refractivity contribution < 1.29 is 23.8 Å². The van der Waals surface area contributed by atoms with E-state index in [0.717, 1.165) is 6.42 Å². The highest BCUT2D eigenvalue weighted by Crippen LogP contribution is 2.55. The SMILES string of the molecule is COC(=O)[C@@H]1[C@H]2C(=O)N3CCCO[C@@H]3[C@]23C=C[C@H]1O3. The lowest BCUT2D eigenvalue weighted by molar-refractivity contribution is -0.168. The quantitative estimate of drug-likeness (QED) is 0.480. The van der Waals surface area contributed by atoms with Crippen molar-refractivity contribution in [3.05, 3.63) is 12.2 Å². The van der Waals surface area contributed by atoms with Gasteiger partial charge in [-0.05, 0) is 12.5 Å². The molecule has 0 aromatic rings. The average Bonchev–Trinajstić information content (AvgIpc) is 3.08. The molecule has 3 fully saturated rings. The largest absolute Gasteiger partial charge is 0.469 e. The van der Waals surface area contributed by atoms with Crippen molar-refractivity contribution in [2.45, 2.75) is 24.4 Å². The molecular formula is C13H15NO5. The Hall–Kier alpha value is -1.40. The predicted octanol–water partition coefficient (Wildman–Crippen LogP) is -0.312. The third kappa shape index (κ3) is 1.19. The normalized spacial score (nSPS) is 46.4. The number of fused-ring (bicyclic) bond motifs is 2. The highest BCUT2D eigenvalue weighted by molar-refractivity contribution is 5.91. The van der Waals surface area contributed by atoms with Crippen LogP contribution in [-0.4, -0.2) is 55.0 Å². The number of carbonyl (C=O) groups excluding carboxylic acids is 2. The van der Waals surface area contributed by atoms with E-state index in [1.165, 1.54) is 7.11 Å². The molecule has 19 heavy (non-hydrogen) atoms. The Morgan fingerprint density at radius 2 is 2.42 bits per heavy atom. The minimum atomic E-state index is -0.791. The Labute approximate surface area is 110 Å². The van der Waals surface area contributed by atoms with Crippen LogP contribution in [0.4, 0.5) is 0 Å². The molecule has 102 valence electrons. The van der Waals surface area contributed by atoms with Gasteiger partial charge in [-0.1, -0.05) is 6.08 Å². The second-order valence-corrected chi connectivity index (χ2v) is 5.43. The van der Waals surface area contributed by atoms with Crippen molar-refractivity contribution in [2.75, 3.05) is 20.3 Å². The molecule has 0 N–H and O–H groups in total. The summed E-state index contributed by atoms with van der Waals surface area (Å²) < 4.78 is 16.5. The second-order valence-electron chi connectivity index (χ2n) is 5.43. The Morgan fingerprint density at radius 1 is 1.58 bits per heavy atom. The van der Waals surface area contributed by atoms with Gasteiger partial charge in [0, 0.05) is 6.54 Å². The van der Waals surface area contributed by atoms with Gasteiger partial charge in [0.15, 0.2) is 6.23 Å². The summed E-state index contributed by atoms with van der Waals surface area (Å²) in [5.41, 5.74) is -0.791. The molecular weight excluding hydrogens is 250 g/mol. The zero-order valence-corrected chi connectivity index (χ0v) is 10.6. The van der Waals surface area contributed by atoms with E-state index in [9.17, 15) is 9.59 Å². The third-order valence-corrected chi connectivity index (χ3v) is 4.60. The molecule has 0 radical (unpaired) electrons. The molecule has 0 aliphatic carbocycles. The lowest BCUT2D eigenvalue weighted by atomic mass is 9.76. The molecule has 4 aliphatic heterocycles. The fraction of sp³-hybridized carbons (Fsp3) is 0.692. The average molecular weight is 265 g/mol. The summed E-state index contributed by atoms with van der Waals surface area (Å²) in [7, 11) is 1.34. The van der Waals surface area contributed by atoms with Crippen LogP contribution in [0.5, 0.6) is 0 Å². The summed E-state index contributed by atoms with van der Waals surface area (Å²) in [4.78, 5) is 26.2. The number of nitrogens with zero attached hydrogens (tertiary/aromatic N) is 1. The summed E-state index contributed by atoms with van der Waals surface area (Å²) in [6, 6.07) is 0. The maximum atomic E-state index is 12.6. The van der Waals surface area contributed by atoms with Gasteiger partial charge >= 0.3 is 5.97 Å². The standard InChI is InChI=1S/C13H15NO5/c1-17-11(16)8-7-3-4-13(19-7)9(8)10(15)14-5-2-6-18-12(13)14/h3-4,7-9,12H,2,5-6H2,1H3/t7-,8+,9+,12-,13+/m1/s1. The van der Waals surface area contributed by atoms with Crippen LogP contribution in [0.2, 0.25) is 0 Å². The lowest BCUT2D eigenvalue weighted by Crippen LogP contribution is -2.49. The number of methoxy groups -OCH3 is 1. The van der Waals surface area contributed by atoms with Gasteiger partial charge in [0.05, 0.1) is 25.7 Å². The minimum absolute atomic E-state index is 0.0491. The van der Waals surface area contributed by atoms with E-state index in [0.29, 0.717) is 13.2 Å². The molecule has 3 saturated heterocycles. The lowest BCUT2D eigenvalue weighted by Gasteiger charge is -2.36. The summed E-state index contributed by atoms with van der Waals surface area (Å²) in [5.74, 6) is -1.48. The van der Waals surface area contributed by atoms with Crippen LogP contribution in [-0.2, 0) is 23.8 Å². The van der Waals surface area contributed by atoms with Crippen LogP contribution < -0.4 is 0 Å². The van der Waals surface area contributed by atoms with Gasteiger partial charge in [-0.15, -0.1) is 0 Å². The highest BCUT2D eigenvalue weighted by Gasteiger charge is 2.72. The van der Waals surface area contributed by atoms with Gasteiger partial charge in [0.1, 0.15) is 11.5 Å². The molecule has 0 unspecified atom stereocenters. The second kappa shape index (κ2) is 3.58. The van der Waals surface area contributed by atoms with Crippen molar-refractivity contribution in [1.82, 2.24) is 4.90 Å². The number of esters is 1. The number of ether oxygens (including phenoxy) is 3. The van der Waals surface area contributed by atoms with Gasteiger partial charge in [0.2, 0.25) is 5.91 Å². The van der Waals surface area contributed by atoms with Crippen LogP contribution >= 0.6 is 0 Å². The van der Waals surface area contributed by atoms with Crippen molar-refractivity contribution in [2.24, 2.45) is 11.8 Å². The smallest absolute Gasteiger partial charge is 0.312 e. The van der Waals surface area contributed by atoms with Gasteiger partial charge in [-0.3, -0.25) is 9.59 Å². The zero-order chi connectivity index (χ0) is 13.2. The maximum absolute atomic E-state index is 12.6. The number of hydrogen-bond acceptors (Lipinski definition) is 5. The van der Waals surface area contributed by atoms with Crippen LogP contribution in [0.1, 0.15) is 6.42 Å². The first-order valence-corrected chi connectivity index (χ1v) is 6.56. The molecule has 0 aromatic heterocycles. The van der Waals surface area contributed by atoms with Gasteiger partial charge in [-0.25, -0.2) is 0 Å². The molecule has 6 heteroatoms. The number of rotatable bonds is 1. The first kappa shape index (κ1) is 11.4. The molecule has 4 aliphatic rings.